The van der Waals surface area contributed by atoms with E-state index in [9.17, 15) is 5.11 Å². The summed E-state index contributed by atoms with van der Waals surface area (Å²) in [5.41, 5.74) is 1.25. The number of hydrogen-bond acceptors (Lipinski definition) is 4. The van der Waals surface area contributed by atoms with Crippen molar-refractivity contribution in [2.24, 2.45) is 0 Å². The van der Waals surface area contributed by atoms with Crippen molar-refractivity contribution in [2.75, 3.05) is 25.5 Å². The standard InChI is InChI=1S/C14H25N3O/c1-4-7-15-14-10-13(5-8-16-14)11-17(3)9-6-12(2)18/h5,8,10,12,18H,4,6-7,9,11H2,1-3H3,(H,15,16). The molecule has 0 bridgehead atoms. The van der Waals surface area contributed by atoms with Gasteiger partial charge in [-0.3, -0.25) is 0 Å². The fourth-order valence-corrected chi connectivity index (χ4v) is 1.72. The minimum Gasteiger partial charge on any atom is -0.393 e. The maximum absolute atomic E-state index is 9.26. The summed E-state index contributed by atoms with van der Waals surface area (Å²) in [6.07, 6.45) is 3.52. The second kappa shape index (κ2) is 8.06. The predicted octanol–water partition coefficient (Wildman–Crippen LogP) is 2.11. The molecule has 0 saturated heterocycles. The summed E-state index contributed by atoms with van der Waals surface area (Å²) >= 11 is 0. The summed E-state index contributed by atoms with van der Waals surface area (Å²) in [4.78, 5) is 6.50. The normalized spacial score (nSPS) is 12.7. The highest BCUT2D eigenvalue weighted by atomic mass is 16.3. The summed E-state index contributed by atoms with van der Waals surface area (Å²) in [5.74, 6) is 0.943. The molecule has 1 atom stereocenters. The molecule has 4 heteroatoms. The van der Waals surface area contributed by atoms with Crippen molar-refractivity contribution in [3.05, 3.63) is 23.9 Å². The Hall–Kier alpha value is -1.13. The highest BCUT2D eigenvalue weighted by Gasteiger charge is 2.03. The quantitative estimate of drug-likeness (QED) is 0.743. The van der Waals surface area contributed by atoms with Crippen LogP contribution < -0.4 is 5.32 Å². The number of aromatic nitrogens is 1. The molecule has 1 aromatic heterocycles. The van der Waals surface area contributed by atoms with Crippen molar-refractivity contribution in [3.63, 3.8) is 0 Å². The number of nitrogens with zero attached hydrogens (tertiary/aromatic N) is 2. The molecule has 2 N–H and O–H groups in total. The molecule has 1 heterocycles. The molecule has 18 heavy (non-hydrogen) atoms. The Kier molecular flexibility index (Phi) is 6.68. The van der Waals surface area contributed by atoms with Gasteiger partial charge in [-0.25, -0.2) is 4.98 Å². The van der Waals surface area contributed by atoms with E-state index in [4.69, 9.17) is 0 Å². The number of pyridine rings is 1. The van der Waals surface area contributed by atoms with Gasteiger partial charge in [-0.05, 0) is 44.5 Å². The van der Waals surface area contributed by atoms with E-state index < -0.39 is 0 Å². The van der Waals surface area contributed by atoms with Crippen LogP contribution in [0.2, 0.25) is 0 Å². The van der Waals surface area contributed by atoms with E-state index in [1.807, 2.05) is 19.2 Å². The number of aliphatic hydroxyl groups excluding tert-OH is 1. The summed E-state index contributed by atoms with van der Waals surface area (Å²) in [6.45, 7) is 6.70. The average Bonchev–Trinajstić information content (AvgIpc) is 2.34. The highest BCUT2D eigenvalue weighted by Crippen LogP contribution is 2.09. The molecule has 0 aliphatic heterocycles. The van der Waals surface area contributed by atoms with Gasteiger partial charge < -0.3 is 15.3 Å². The van der Waals surface area contributed by atoms with Crippen LogP contribution in [0.4, 0.5) is 5.82 Å². The van der Waals surface area contributed by atoms with Gasteiger partial charge in [0.05, 0.1) is 6.10 Å². The topological polar surface area (TPSA) is 48.4 Å². The molecule has 4 nitrogen and oxygen atoms in total. The van der Waals surface area contributed by atoms with Crippen molar-refractivity contribution in [1.82, 2.24) is 9.88 Å². The molecule has 0 radical (unpaired) electrons. The van der Waals surface area contributed by atoms with Crippen LogP contribution in [0.25, 0.3) is 0 Å². The number of hydrogen-bond donors (Lipinski definition) is 2. The molecule has 0 aliphatic carbocycles. The van der Waals surface area contributed by atoms with E-state index in [0.717, 1.165) is 38.3 Å². The Morgan fingerprint density at radius 3 is 2.94 bits per heavy atom. The molecular formula is C14H25N3O. The van der Waals surface area contributed by atoms with Crippen LogP contribution in [0.1, 0.15) is 32.3 Å². The van der Waals surface area contributed by atoms with E-state index in [-0.39, 0.29) is 6.10 Å². The van der Waals surface area contributed by atoms with Gasteiger partial charge in [0.1, 0.15) is 5.82 Å². The van der Waals surface area contributed by atoms with Gasteiger partial charge in [-0.2, -0.15) is 0 Å². The van der Waals surface area contributed by atoms with Gasteiger partial charge in [-0.1, -0.05) is 6.92 Å². The summed E-state index contributed by atoms with van der Waals surface area (Å²) in [5, 5.41) is 12.6. The summed E-state index contributed by atoms with van der Waals surface area (Å²) in [6, 6.07) is 4.13. The zero-order valence-electron chi connectivity index (χ0n) is 11.7. The number of rotatable bonds is 8. The fraction of sp³-hybridized carbons (Fsp3) is 0.643. The molecule has 0 amide bonds. The van der Waals surface area contributed by atoms with Crippen molar-refractivity contribution < 1.29 is 5.11 Å². The molecule has 0 saturated carbocycles. The first-order chi connectivity index (χ1) is 8.61. The zero-order chi connectivity index (χ0) is 13.4. The van der Waals surface area contributed by atoms with Gasteiger partial charge >= 0.3 is 0 Å². The van der Waals surface area contributed by atoms with Crippen molar-refractivity contribution in [3.8, 4) is 0 Å². The summed E-state index contributed by atoms with van der Waals surface area (Å²) < 4.78 is 0. The molecule has 0 aromatic carbocycles. The Labute approximate surface area is 110 Å². The van der Waals surface area contributed by atoms with E-state index in [2.05, 4.69) is 35.2 Å². The van der Waals surface area contributed by atoms with E-state index in [0.29, 0.717) is 0 Å². The third kappa shape index (κ3) is 5.98. The lowest BCUT2D eigenvalue weighted by Crippen LogP contribution is -2.22. The first kappa shape index (κ1) is 14.9. The predicted molar refractivity (Wildman–Crippen MR) is 75.6 cm³/mol. The van der Waals surface area contributed by atoms with Crippen molar-refractivity contribution in [2.45, 2.75) is 39.3 Å². The van der Waals surface area contributed by atoms with Crippen molar-refractivity contribution >= 4 is 5.82 Å². The number of aliphatic hydroxyl groups is 1. The smallest absolute Gasteiger partial charge is 0.126 e. The lowest BCUT2D eigenvalue weighted by molar-refractivity contribution is 0.163. The maximum Gasteiger partial charge on any atom is 0.126 e. The van der Waals surface area contributed by atoms with E-state index in [1.165, 1.54) is 5.56 Å². The van der Waals surface area contributed by atoms with Gasteiger partial charge in [0.15, 0.2) is 0 Å². The van der Waals surface area contributed by atoms with E-state index in [1.54, 1.807) is 0 Å². The van der Waals surface area contributed by atoms with Crippen LogP contribution >= 0.6 is 0 Å². The number of nitrogens with one attached hydrogen (secondary N) is 1. The lowest BCUT2D eigenvalue weighted by atomic mass is 10.2. The Bertz CT molecular complexity index is 342. The number of anilines is 1. The van der Waals surface area contributed by atoms with Crippen LogP contribution in [-0.2, 0) is 6.54 Å². The maximum atomic E-state index is 9.26. The molecule has 1 aromatic rings. The average molecular weight is 251 g/mol. The van der Waals surface area contributed by atoms with Crippen molar-refractivity contribution in [1.29, 1.82) is 0 Å². The molecule has 1 rings (SSSR count). The van der Waals surface area contributed by atoms with E-state index >= 15 is 0 Å². The molecule has 1 unspecified atom stereocenters. The van der Waals surface area contributed by atoms with Crippen LogP contribution in [0.5, 0.6) is 0 Å². The van der Waals surface area contributed by atoms with Gasteiger partial charge in [-0.15, -0.1) is 0 Å². The van der Waals surface area contributed by atoms with Crippen LogP contribution in [0.15, 0.2) is 18.3 Å². The Morgan fingerprint density at radius 2 is 2.28 bits per heavy atom. The van der Waals surface area contributed by atoms with Crippen LogP contribution in [0.3, 0.4) is 0 Å². The Morgan fingerprint density at radius 1 is 1.50 bits per heavy atom. The third-order valence-corrected chi connectivity index (χ3v) is 2.76. The van der Waals surface area contributed by atoms with Crippen LogP contribution in [0, 0.1) is 0 Å². The minimum absolute atomic E-state index is 0.230. The SMILES string of the molecule is CCCNc1cc(CN(C)CCC(C)O)ccn1. The molecule has 0 aliphatic rings. The fourth-order valence-electron chi connectivity index (χ4n) is 1.72. The molecule has 0 spiro atoms. The first-order valence-corrected chi connectivity index (χ1v) is 6.67. The molecule has 102 valence electrons. The monoisotopic (exact) mass is 251 g/mol. The second-order valence-electron chi connectivity index (χ2n) is 4.85. The first-order valence-electron chi connectivity index (χ1n) is 6.67. The second-order valence-corrected chi connectivity index (χ2v) is 4.85. The Balaban J connectivity index is 2.45. The third-order valence-electron chi connectivity index (χ3n) is 2.76. The zero-order valence-corrected chi connectivity index (χ0v) is 11.7. The minimum atomic E-state index is -0.230. The largest absolute Gasteiger partial charge is 0.393 e. The van der Waals surface area contributed by atoms with Gasteiger partial charge in [0.25, 0.3) is 0 Å². The van der Waals surface area contributed by atoms with Gasteiger partial charge in [0.2, 0.25) is 0 Å². The highest BCUT2D eigenvalue weighted by molar-refractivity contribution is 5.37. The summed E-state index contributed by atoms with van der Waals surface area (Å²) in [7, 11) is 2.07. The van der Waals surface area contributed by atoms with Crippen LogP contribution in [-0.4, -0.2) is 41.2 Å². The molecular weight excluding hydrogens is 226 g/mol. The lowest BCUT2D eigenvalue weighted by Gasteiger charge is -2.17. The van der Waals surface area contributed by atoms with Gasteiger partial charge in [0, 0.05) is 25.8 Å². The molecule has 0 fully saturated rings.